The molecule has 0 spiro atoms. The Morgan fingerprint density at radius 1 is 1.56 bits per heavy atom. The van der Waals surface area contributed by atoms with Crippen LogP contribution in [0.4, 0.5) is 0 Å². The lowest BCUT2D eigenvalue weighted by Crippen LogP contribution is -2.27. The third kappa shape index (κ3) is 1.63. The van der Waals surface area contributed by atoms with Crippen LogP contribution in [-0.4, -0.2) is 38.2 Å². The summed E-state index contributed by atoms with van der Waals surface area (Å²) in [6.45, 7) is 0. The SMILES string of the molecule is Cn1nnc(CC(=O)C2CC3CCC2O3)n1. The van der Waals surface area contributed by atoms with Crippen LogP contribution in [0.25, 0.3) is 0 Å². The number of fused-ring (bicyclic) bond motifs is 2. The molecule has 0 saturated carbocycles. The number of ether oxygens (including phenoxy) is 1. The molecule has 2 aliphatic rings. The van der Waals surface area contributed by atoms with Crippen LogP contribution >= 0.6 is 0 Å². The topological polar surface area (TPSA) is 69.9 Å². The average Bonchev–Trinajstić information content (AvgIpc) is 2.93. The molecule has 3 heterocycles. The summed E-state index contributed by atoms with van der Waals surface area (Å²) >= 11 is 0. The van der Waals surface area contributed by atoms with Gasteiger partial charge in [-0.15, -0.1) is 10.2 Å². The summed E-state index contributed by atoms with van der Waals surface area (Å²) in [5.74, 6) is 0.762. The molecule has 1 aromatic heterocycles. The van der Waals surface area contributed by atoms with Crippen molar-refractivity contribution in [1.82, 2.24) is 20.2 Å². The largest absolute Gasteiger partial charge is 0.374 e. The second-order valence-corrected chi connectivity index (χ2v) is 4.55. The summed E-state index contributed by atoms with van der Waals surface area (Å²) in [6.07, 6.45) is 3.75. The van der Waals surface area contributed by atoms with E-state index in [0.717, 1.165) is 19.3 Å². The third-order valence-electron chi connectivity index (χ3n) is 3.40. The van der Waals surface area contributed by atoms with Gasteiger partial charge >= 0.3 is 0 Å². The lowest BCUT2D eigenvalue weighted by Gasteiger charge is -2.15. The third-order valence-corrected chi connectivity index (χ3v) is 3.40. The fourth-order valence-corrected chi connectivity index (χ4v) is 2.66. The zero-order valence-corrected chi connectivity index (χ0v) is 9.17. The Kier molecular flexibility index (Phi) is 2.24. The summed E-state index contributed by atoms with van der Waals surface area (Å²) in [6, 6.07) is 0. The second kappa shape index (κ2) is 3.62. The molecule has 2 saturated heterocycles. The highest BCUT2D eigenvalue weighted by molar-refractivity contribution is 5.83. The number of ketones is 1. The van der Waals surface area contributed by atoms with E-state index in [2.05, 4.69) is 15.4 Å². The van der Waals surface area contributed by atoms with Gasteiger partial charge in [0.2, 0.25) is 0 Å². The van der Waals surface area contributed by atoms with Crippen molar-refractivity contribution in [2.45, 2.75) is 37.9 Å². The maximum absolute atomic E-state index is 12.0. The van der Waals surface area contributed by atoms with Crippen molar-refractivity contribution in [3.63, 3.8) is 0 Å². The van der Waals surface area contributed by atoms with E-state index < -0.39 is 0 Å². The Morgan fingerprint density at radius 3 is 3.00 bits per heavy atom. The van der Waals surface area contributed by atoms with Gasteiger partial charge in [0, 0.05) is 5.92 Å². The molecule has 0 amide bonds. The molecule has 0 aliphatic carbocycles. The molecule has 2 bridgehead atoms. The lowest BCUT2D eigenvalue weighted by molar-refractivity contribution is -0.123. The highest BCUT2D eigenvalue weighted by Gasteiger charge is 2.44. The molecule has 3 atom stereocenters. The number of carbonyl (C=O) groups is 1. The molecule has 1 aromatic rings. The molecule has 86 valence electrons. The molecule has 2 aliphatic heterocycles. The summed E-state index contributed by atoms with van der Waals surface area (Å²) in [5.41, 5.74) is 0. The van der Waals surface area contributed by atoms with E-state index in [4.69, 9.17) is 4.74 Å². The van der Waals surface area contributed by atoms with Crippen molar-refractivity contribution in [3.05, 3.63) is 5.82 Å². The van der Waals surface area contributed by atoms with Crippen LogP contribution < -0.4 is 0 Å². The number of Topliss-reactive ketones (excluding diaryl/α,β-unsaturated/α-hetero) is 1. The number of aromatic nitrogens is 4. The van der Waals surface area contributed by atoms with Crippen LogP contribution in [0.3, 0.4) is 0 Å². The quantitative estimate of drug-likeness (QED) is 0.713. The van der Waals surface area contributed by atoms with Gasteiger partial charge < -0.3 is 4.74 Å². The molecule has 16 heavy (non-hydrogen) atoms. The van der Waals surface area contributed by atoms with E-state index in [1.165, 1.54) is 4.80 Å². The first-order chi connectivity index (χ1) is 7.72. The van der Waals surface area contributed by atoms with E-state index in [1.807, 2.05) is 0 Å². The van der Waals surface area contributed by atoms with Crippen LogP contribution in [0.5, 0.6) is 0 Å². The standard InChI is InChI=1S/C10H14N4O2/c1-14-12-10(11-13-14)5-8(15)7-4-6-2-3-9(7)16-6/h6-7,9H,2-5H2,1H3. The Labute approximate surface area is 93.0 Å². The number of carbonyl (C=O) groups excluding carboxylic acids is 1. The monoisotopic (exact) mass is 222 g/mol. The summed E-state index contributed by atoms with van der Waals surface area (Å²) in [4.78, 5) is 13.4. The van der Waals surface area contributed by atoms with Crippen molar-refractivity contribution in [1.29, 1.82) is 0 Å². The number of tetrazole rings is 1. The Hall–Kier alpha value is -1.30. The average molecular weight is 222 g/mol. The van der Waals surface area contributed by atoms with Gasteiger partial charge in [-0.2, -0.15) is 4.80 Å². The summed E-state index contributed by atoms with van der Waals surface area (Å²) in [5, 5.41) is 11.6. The van der Waals surface area contributed by atoms with E-state index in [1.54, 1.807) is 7.05 Å². The van der Waals surface area contributed by atoms with E-state index in [0.29, 0.717) is 11.9 Å². The maximum Gasteiger partial charge on any atom is 0.182 e. The summed E-state index contributed by atoms with van der Waals surface area (Å²) < 4.78 is 5.67. The number of hydrogen-bond acceptors (Lipinski definition) is 5. The molecule has 3 unspecified atom stereocenters. The highest BCUT2D eigenvalue weighted by atomic mass is 16.5. The van der Waals surface area contributed by atoms with E-state index in [9.17, 15) is 4.79 Å². The van der Waals surface area contributed by atoms with Gasteiger partial charge in [0.15, 0.2) is 5.82 Å². The highest BCUT2D eigenvalue weighted by Crippen LogP contribution is 2.39. The van der Waals surface area contributed by atoms with Crippen LogP contribution in [0.1, 0.15) is 25.1 Å². The van der Waals surface area contributed by atoms with Gasteiger partial charge in [0.1, 0.15) is 5.78 Å². The minimum atomic E-state index is 0.0579. The number of aryl methyl sites for hydroxylation is 1. The van der Waals surface area contributed by atoms with Crippen molar-refractivity contribution >= 4 is 5.78 Å². The van der Waals surface area contributed by atoms with Crippen LogP contribution in [0.15, 0.2) is 0 Å². The minimum absolute atomic E-state index is 0.0579. The molecule has 2 fully saturated rings. The Morgan fingerprint density at radius 2 is 2.44 bits per heavy atom. The number of nitrogens with zero attached hydrogens (tertiary/aromatic N) is 4. The Balaban J connectivity index is 1.65. The first kappa shape index (κ1) is 9.89. The minimum Gasteiger partial charge on any atom is -0.374 e. The normalized spacial score (nSPS) is 32.2. The molecular formula is C10H14N4O2. The van der Waals surface area contributed by atoms with Crippen molar-refractivity contribution in [2.24, 2.45) is 13.0 Å². The van der Waals surface area contributed by atoms with Crippen LogP contribution in [0.2, 0.25) is 0 Å². The fraction of sp³-hybridized carbons (Fsp3) is 0.800. The van der Waals surface area contributed by atoms with E-state index >= 15 is 0 Å². The molecule has 3 rings (SSSR count). The first-order valence-corrected chi connectivity index (χ1v) is 5.63. The molecule has 0 radical (unpaired) electrons. The number of rotatable bonds is 3. The van der Waals surface area contributed by atoms with Crippen LogP contribution in [0, 0.1) is 5.92 Å². The molecular weight excluding hydrogens is 208 g/mol. The van der Waals surface area contributed by atoms with Crippen molar-refractivity contribution in [2.75, 3.05) is 0 Å². The predicted octanol–water partition coefficient (Wildman–Crippen LogP) is -0.111. The number of hydrogen-bond donors (Lipinski definition) is 0. The zero-order chi connectivity index (χ0) is 11.1. The molecule has 0 aromatic carbocycles. The van der Waals surface area contributed by atoms with Gasteiger partial charge in [0.05, 0.1) is 25.7 Å². The summed E-state index contributed by atoms with van der Waals surface area (Å²) in [7, 11) is 1.70. The fourth-order valence-electron chi connectivity index (χ4n) is 2.66. The van der Waals surface area contributed by atoms with E-state index in [-0.39, 0.29) is 24.2 Å². The smallest absolute Gasteiger partial charge is 0.182 e. The van der Waals surface area contributed by atoms with Crippen LogP contribution in [-0.2, 0) is 23.0 Å². The predicted molar refractivity (Wildman–Crippen MR) is 53.5 cm³/mol. The molecule has 6 heteroatoms. The molecule has 6 nitrogen and oxygen atoms in total. The van der Waals surface area contributed by atoms with Gasteiger partial charge in [-0.25, -0.2) is 0 Å². The van der Waals surface area contributed by atoms with Gasteiger partial charge in [0.25, 0.3) is 0 Å². The maximum atomic E-state index is 12.0. The second-order valence-electron chi connectivity index (χ2n) is 4.55. The van der Waals surface area contributed by atoms with Crippen molar-refractivity contribution < 1.29 is 9.53 Å². The first-order valence-electron chi connectivity index (χ1n) is 5.63. The van der Waals surface area contributed by atoms with Crippen molar-refractivity contribution in [3.8, 4) is 0 Å². The van der Waals surface area contributed by atoms with Gasteiger partial charge in [-0.3, -0.25) is 4.79 Å². The Bertz CT molecular complexity index is 417. The van der Waals surface area contributed by atoms with Gasteiger partial charge in [-0.1, -0.05) is 0 Å². The van der Waals surface area contributed by atoms with Gasteiger partial charge in [-0.05, 0) is 24.5 Å². The zero-order valence-electron chi connectivity index (χ0n) is 9.17. The molecule has 0 N–H and O–H groups in total. The lowest BCUT2D eigenvalue weighted by atomic mass is 9.85.